The highest BCUT2D eigenvalue weighted by Gasteiger charge is 2.25. The molecule has 104 valence electrons. The van der Waals surface area contributed by atoms with Crippen LogP contribution < -0.4 is 10.5 Å². The van der Waals surface area contributed by atoms with E-state index in [0.29, 0.717) is 17.0 Å². The Kier molecular flexibility index (Phi) is 4.37. The van der Waals surface area contributed by atoms with Crippen molar-refractivity contribution in [2.45, 2.75) is 51.2 Å². The molecular formula is C14H20N2O3. The van der Waals surface area contributed by atoms with Crippen molar-refractivity contribution in [1.29, 1.82) is 0 Å². The number of aliphatic hydroxyl groups is 1. The molecule has 0 aliphatic heterocycles. The number of aromatic nitrogens is 1. The fourth-order valence-corrected chi connectivity index (χ4v) is 2.67. The SMILES string of the molecule is CC(O)Oc1ccnc(C2CCCCC2)c1C(N)=O. The minimum Gasteiger partial charge on any atom is -0.464 e. The van der Waals surface area contributed by atoms with Gasteiger partial charge < -0.3 is 15.6 Å². The van der Waals surface area contributed by atoms with Gasteiger partial charge in [0.25, 0.3) is 5.91 Å². The van der Waals surface area contributed by atoms with Crippen LogP contribution in [0.4, 0.5) is 0 Å². The van der Waals surface area contributed by atoms with Gasteiger partial charge in [0.05, 0.1) is 5.69 Å². The molecule has 0 bridgehead atoms. The number of nitrogens with two attached hydrogens (primary N) is 1. The number of primary amides is 1. The summed E-state index contributed by atoms with van der Waals surface area (Å²) in [6.07, 6.45) is 6.18. The summed E-state index contributed by atoms with van der Waals surface area (Å²) in [5.41, 5.74) is 6.49. The fraction of sp³-hybridized carbons (Fsp3) is 0.571. The molecule has 1 aliphatic rings. The molecule has 3 N–H and O–H groups in total. The highest BCUT2D eigenvalue weighted by atomic mass is 16.6. The van der Waals surface area contributed by atoms with Crippen LogP contribution in [0, 0.1) is 0 Å². The van der Waals surface area contributed by atoms with Crippen LogP contribution in [-0.4, -0.2) is 22.3 Å². The predicted octanol–water partition coefficient (Wildman–Crippen LogP) is 1.95. The molecule has 1 fully saturated rings. The summed E-state index contributed by atoms with van der Waals surface area (Å²) < 4.78 is 5.25. The van der Waals surface area contributed by atoms with Crippen molar-refractivity contribution in [3.8, 4) is 5.75 Å². The first-order chi connectivity index (χ1) is 9.09. The molecule has 1 aliphatic carbocycles. The van der Waals surface area contributed by atoms with Gasteiger partial charge >= 0.3 is 0 Å². The zero-order chi connectivity index (χ0) is 13.8. The van der Waals surface area contributed by atoms with Crippen LogP contribution in [0.25, 0.3) is 0 Å². The number of nitrogens with zero attached hydrogens (tertiary/aromatic N) is 1. The molecule has 0 spiro atoms. The van der Waals surface area contributed by atoms with Gasteiger partial charge in [-0.2, -0.15) is 0 Å². The van der Waals surface area contributed by atoms with E-state index in [1.54, 1.807) is 12.3 Å². The topological polar surface area (TPSA) is 85.4 Å². The van der Waals surface area contributed by atoms with E-state index in [1.807, 2.05) is 0 Å². The Morgan fingerprint density at radius 3 is 2.74 bits per heavy atom. The maximum absolute atomic E-state index is 11.7. The Morgan fingerprint density at radius 2 is 2.16 bits per heavy atom. The predicted molar refractivity (Wildman–Crippen MR) is 70.9 cm³/mol. The van der Waals surface area contributed by atoms with E-state index in [4.69, 9.17) is 10.5 Å². The number of carbonyl (C=O) groups excluding carboxylic acids is 1. The van der Waals surface area contributed by atoms with Gasteiger partial charge in [0.2, 0.25) is 0 Å². The average molecular weight is 264 g/mol. The van der Waals surface area contributed by atoms with Crippen LogP contribution in [0.2, 0.25) is 0 Å². The number of carbonyl (C=O) groups is 1. The zero-order valence-corrected chi connectivity index (χ0v) is 11.1. The van der Waals surface area contributed by atoms with Crippen LogP contribution in [0.1, 0.15) is 61.0 Å². The van der Waals surface area contributed by atoms with E-state index in [-0.39, 0.29) is 5.92 Å². The molecule has 5 nitrogen and oxygen atoms in total. The lowest BCUT2D eigenvalue weighted by atomic mass is 9.84. The standard InChI is InChI=1S/C14H20N2O3/c1-9(17)19-11-7-8-16-13(12(11)14(15)18)10-5-3-2-4-6-10/h7-10,17H,2-6H2,1H3,(H2,15,18). The first kappa shape index (κ1) is 13.8. The summed E-state index contributed by atoms with van der Waals surface area (Å²) in [4.78, 5) is 16.0. The number of pyridine rings is 1. The Morgan fingerprint density at radius 1 is 1.47 bits per heavy atom. The average Bonchev–Trinajstić information content (AvgIpc) is 2.38. The summed E-state index contributed by atoms with van der Waals surface area (Å²) in [6, 6.07) is 1.57. The monoisotopic (exact) mass is 264 g/mol. The molecule has 1 aromatic heterocycles. The molecule has 2 rings (SSSR count). The number of hydrogen-bond donors (Lipinski definition) is 2. The Balaban J connectivity index is 2.38. The minimum atomic E-state index is -0.986. The smallest absolute Gasteiger partial charge is 0.254 e. The molecule has 0 saturated heterocycles. The lowest BCUT2D eigenvalue weighted by Crippen LogP contribution is -2.21. The van der Waals surface area contributed by atoms with Crippen molar-refractivity contribution in [2.24, 2.45) is 5.73 Å². The fourth-order valence-electron chi connectivity index (χ4n) is 2.67. The van der Waals surface area contributed by atoms with E-state index in [9.17, 15) is 9.90 Å². The quantitative estimate of drug-likeness (QED) is 0.814. The van der Waals surface area contributed by atoms with E-state index in [2.05, 4.69) is 4.98 Å². The lowest BCUT2D eigenvalue weighted by molar-refractivity contribution is -0.000923. The van der Waals surface area contributed by atoms with Crippen LogP contribution in [-0.2, 0) is 0 Å². The van der Waals surface area contributed by atoms with Gasteiger partial charge in [-0.3, -0.25) is 9.78 Å². The van der Waals surface area contributed by atoms with Gasteiger partial charge in [0.15, 0.2) is 6.29 Å². The summed E-state index contributed by atoms with van der Waals surface area (Å²) in [6.45, 7) is 1.49. The first-order valence-corrected chi connectivity index (χ1v) is 6.73. The Hall–Kier alpha value is -1.62. The number of amides is 1. The van der Waals surface area contributed by atoms with Crippen LogP contribution in [0.3, 0.4) is 0 Å². The molecular weight excluding hydrogens is 244 g/mol. The molecule has 5 heteroatoms. The Labute approximate surface area is 112 Å². The van der Waals surface area contributed by atoms with Crippen LogP contribution in [0.5, 0.6) is 5.75 Å². The molecule has 1 unspecified atom stereocenters. The maximum atomic E-state index is 11.7. The van der Waals surface area contributed by atoms with Crippen molar-refractivity contribution in [2.75, 3.05) is 0 Å². The largest absolute Gasteiger partial charge is 0.464 e. The minimum absolute atomic E-state index is 0.258. The Bertz CT molecular complexity index is 454. The van der Waals surface area contributed by atoms with E-state index >= 15 is 0 Å². The number of ether oxygens (including phenoxy) is 1. The summed E-state index contributed by atoms with van der Waals surface area (Å²) in [7, 11) is 0. The second kappa shape index (κ2) is 6.02. The normalized spacial score (nSPS) is 18.0. The molecule has 1 saturated carbocycles. The molecule has 19 heavy (non-hydrogen) atoms. The molecule has 1 heterocycles. The van der Waals surface area contributed by atoms with E-state index in [1.165, 1.54) is 13.3 Å². The van der Waals surface area contributed by atoms with Crippen molar-refractivity contribution in [3.63, 3.8) is 0 Å². The highest BCUT2D eigenvalue weighted by Crippen LogP contribution is 2.35. The molecule has 0 aromatic carbocycles. The summed E-state index contributed by atoms with van der Waals surface area (Å²) in [5.74, 6) is 0.0243. The molecule has 1 amide bonds. The third kappa shape index (κ3) is 3.23. The van der Waals surface area contributed by atoms with Gasteiger partial charge in [-0.15, -0.1) is 0 Å². The third-order valence-electron chi connectivity index (χ3n) is 3.48. The van der Waals surface area contributed by atoms with Crippen LogP contribution >= 0.6 is 0 Å². The van der Waals surface area contributed by atoms with Gasteiger partial charge in [-0.05, 0) is 25.8 Å². The van der Waals surface area contributed by atoms with E-state index in [0.717, 1.165) is 25.7 Å². The maximum Gasteiger partial charge on any atom is 0.254 e. The summed E-state index contributed by atoms with van der Waals surface area (Å²) in [5, 5.41) is 9.32. The van der Waals surface area contributed by atoms with Gasteiger partial charge in [0.1, 0.15) is 11.3 Å². The zero-order valence-electron chi connectivity index (χ0n) is 11.1. The second-order valence-corrected chi connectivity index (χ2v) is 4.99. The van der Waals surface area contributed by atoms with Crippen molar-refractivity contribution >= 4 is 5.91 Å². The van der Waals surface area contributed by atoms with Gasteiger partial charge in [0, 0.05) is 12.1 Å². The van der Waals surface area contributed by atoms with E-state index < -0.39 is 12.2 Å². The number of rotatable bonds is 4. The van der Waals surface area contributed by atoms with Gasteiger partial charge in [-0.25, -0.2) is 0 Å². The van der Waals surface area contributed by atoms with Crippen molar-refractivity contribution in [1.82, 2.24) is 4.98 Å². The summed E-state index contributed by atoms with van der Waals surface area (Å²) >= 11 is 0. The first-order valence-electron chi connectivity index (χ1n) is 6.73. The molecule has 1 atom stereocenters. The van der Waals surface area contributed by atoms with Crippen molar-refractivity contribution in [3.05, 3.63) is 23.5 Å². The highest BCUT2D eigenvalue weighted by molar-refractivity contribution is 5.96. The second-order valence-electron chi connectivity index (χ2n) is 4.99. The molecule has 1 aromatic rings. The number of aliphatic hydroxyl groups excluding tert-OH is 1. The van der Waals surface area contributed by atoms with Crippen LogP contribution in [0.15, 0.2) is 12.3 Å². The van der Waals surface area contributed by atoms with Gasteiger partial charge in [-0.1, -0.05) is 19.3 Å². The number of hydrogen-bond acceptors (Lipinski definition) is 4. The van der Waals surface area contributed by atoms with Crippen molar-refractivity contribution < 1.29 is 14.6 Å². The lowest BCUT2D eigenvalue weighted by Gasteiger charge is -2.23. The molecule has 0 radical (unpaired) electrons. The third-order valence-corrected chi connectivity index (χ3v) is 3.48.